The molecule has 0 aliphatic carbocycles. The van der Waals surface area contributed by atoms with Gasteiger partial charge in [-0.2, -0.15) is 0 Å². The second kappa shape index (κ2) is 6.53. The van der Waals surface area contributed by atoms with Gasteiger partial charge >= 0.3 is 0 Å². The van der Waals surface area contributed by atoms with E-state index in [-0.39, 0.29) is 23.4 Å². The third-order valence-electron chi connectivity index (χ3n) is 2.78. The molecule has 0 fully saturated rings. The molecule has 1 aromatic carbocycles. The van der Waals surface area contributed by atoms with E-state index in [0.717, 1.165) is 6.07 Å². The molecule has 4 nitrogen and oxygen atoms in total. The lowest BCUT2D eigenvalue weighted by Gasteiger charge is -2.10. The predicted octanol–water partition coefficient (Wildman–Crippen LogP) is 3.40. The Labute approximate surface area is 136 Å². The lowest BCUT2D eigenvalue weighted by molar-refractivity contribution is 0.0967. The van der Waals surface area contributed by atoms with Gasteiger partial charge in [0.05, 0.1) is 23.7 Å². The van der Waals surface area contributed by atoms with Crippen molar-refractivity contribution < 1.29 is 13.9 Å². The van der Waals surface area contributed by atoms with Gasteiger partial charge in [-0.15, -0.1) is 0 Å². The van der Waals surface area contributed by atoms with Crippen molar-refractivity contribution in [2.75, 3.05) is 7.11 Å². The predicted molar refractivity (Wildman–Crippen MR) is 83.4 cm³/mol. The molecule has 2 aromatic rings. The van der Waals surface area contributed by atoms with Crippen molar-refractivity contribution in [3.63, 3.8) is 0 Å². The van der Waals surface area contributed by atoms with E-state index in [0.29, 0.717) is 8.95 Å². The van der Waals surface area contributed by atoms with Crippen LogP contribution in [0.5, 0.6) is 5.75 Å². The first-order valence-corrected chi connectivity index (χ1v) is 7.43. The van der Waals surface area contributed by atoms with Crippen molar-refractivity contribution in [3.05, 3.63) is 61.1 Å². The zero-order valence-corrected chi connectivity index (χ0v) is 14.1. The largest absolute Gasteiger partial charge is 0.496 e. The van der Waals surface area contributed by atoms with E-state index < -0.39 is 11.6 Å². The van der Waals surface area contributed by atoms with Crippen LogP contribution in [0, 0.1) is 5.82 Å². The Kier molecular flexibility index (Phi) is 4.95. The first-order valence-electron chi connectivity index (χ1n) is 5.84. The SMILES string of the molecule is COc1ccc(F)cc1C(=O)Cn1cc(Br)cc(Br)c1=O. The normalized spacial score (nSPS) is 10.5. The molecule has 0 saturated heterocycles. The fourth-order valence-electron chi connectivity index (χ4n) is 1.82. The highest BCUT2D eigenvalue weighted by molar-refractivity contribution is 9.11. The van der Waals surface area contributed by atoms with Crippen LogP contribution < -0.4 is 10.3 Å². The van der Waals surface area contributed by atoms with Crippen molar-refractivity contribution in [2.24, 2.45) is 0 Å². The van der Waals surface area contributed by atoms with Gasteiger partial charge in [0, 0.05) is 10.7 Å². The van der Waals surface area contributed by atoms with Gasteiger partial charge < -0.3 is 9.30 Å². The third-order valence-corrected chi connectivity index (χ3v) is 3.79. The number of methoxy groups -OCH3 is 1. The number of halogens is 3. The molecule has 21 heavy (non-hydrogen) atoms. The van der Waals surface area contributed by atoms with Gasteiger partial charge in [-0.25, -0.2) is 4.39 Å². The molecule has 0 radical (unpaired) electrons. The highest BCUT2D eigenvalue weighted by atomic mass is 79.9. The van der Waals surface area contributed by atoms with Crippen molar-refractivity contribution in [2.45, 2.75) is 6.54 Å². The molecule has 0 unspecified atom stereocenters. The summed E-state index contributed by atoms with van der Waals surface area (Å²) in [5.41, 5.74) is -0.248. The van der Waals surface area contributed by atoms with E-state index in [1.807, 2.05) is 0 Å². The number of ether oxygens (including phenoxy) is 1. The standard InChI is InChI=1S/C14H10Br2FNO3/c1-21-13-3-2-9(17)5-10(13)12(19)7-18-6-8(15)4-11(16)14(18)20/h2-6H,7H2,1H3. The highest BCUT2D eigenvalue weighted by Crippen LogP contribution is 2.21. The van der Waals surface area contributed by atoms with E-state index in [2.05, 4.69) is 31.9 Å². The van der Waals surface area contributed by atoms with Crippen LogP contribution in [0.3, 0.4) is 0 Å². The van der Waals surface area contributed by atoms with Gasteiger partial charge in [-0.3, -0.25) is 9.59 Å². The van der Waals surface area contributed by atoms with Crippen molar-refractivity contribution in [1.29, 1.82) is 0 Å². The first kappa shape index (κ1) is 15.9. The minimum absolute atomic E-state index is 0.0977. The van der Waals surface area contributed by atoms with Crippen molar-refractivity contribution in [1.82, 2.24) is 4.57 Å². The number of pyridine rings is 1. The quantitative estimate of drug-likeness (QED) is 0.715. The number of nitrogens with zero attached hydrogens (tertiary/aromatic N) is 1. The molecule has 1 heterocycles. The summed E-state index contributed by atoms with van der Waals surface area (Å²) in [4.78, 5) is 24.2. The van der Waals surface area contributed by atoms with Crippen molar-refractivity contribution in [3.8, 4) is 5.75 Å². The summed E-state index contributed by atoms with van der Waals surface area (Å²) in [5.74, 6) is -0.691. The second-order valence-electron chi connectivity index (χ2n) is 4.21. The summed E-state index contributed by atoms with van der Waals surface area (Å²) < 4.78 is 20.6. The van der Waals surface area contributed by atoms with Crippen LogP contribution in [0.1, 0.15) is 10.4 Å². The number of carbonyl (C=O) groups is 1. The minimum Gasteiger partial charge on any atom is -0.496 e. The van der Waals surface area contributed by atoms with Gasteiger partial charge in [0.25, 0.3) is 5.56 Å². The molecular weight excluding hydrogens is 409 g/mol. The van der Waals surface area contributed by atoms with Crippen LogP contribution in [0.2, 0.25) is 0 Å². The molecule has 110 valence electrons. The Balaban J connectivity index is 2.39. The van der Waals surface area contributed by atoms with Gasteiger partial charge in [0.15, 0.2) is 5.78 Å². The highest BCUT2D eigenvalue weighted by Gasteiger charge is 2.15. The number of hydrogen-bond acceptors (Lipinski definition) is 3. The van der Waals surface area contributed by atoms with Crippen LogP contribution in [-0.4, -0.2) is 17.5 Å². The molecule has 0 N–H and O–H groups in total. The van der Waals surface area contributed by atoms with E-state index in [1.54, 1.807) is 6.07 Å². The lowest BCUT2D eigenvalue weighted by atomic mass is 10.1. The summed E-state index contributed by atoms with van der Waals surface area (Å²) in [6, 6.07) is 5.27. The zero-order chi connectivity index (χ0) is 15.6. The van der Waals surface area contributed by atoms with Crippen LogP contribution >= 0.6 is 31.9 Å². The summed E-state index contributed by atoms with van der Waals surface area (Å²) in [5, 5.41) is 0. The van der Waals surface area contributed by atoms with Crippen molar-refractivity contribution >= 4 is 37.6 Å². The average molecular weight is 419 g/mol. The monoisotopic (exact) mass is 417 g/mol. The van der Waals surface area contributed by atoms with Gasteiger partial charge in [-0.1, -0.05) is 0 Å². The van der Waals surface area contributed by atoms with Gasteiger partial charge in [0.2, 0.25) is 0 Å². The summed E-state index contributed by atoms with van der Waals surface area (Å²) in [6.07, 6.45) is 1.50. The molecule has 0 amide bonds. The third kappa shape index (κ3) is 3.59. The van der Waals surface area contributed by atoms with Gasteiger partial charge in [-0.05, 0) is 56.1 Å². The van der Waals surface area contributed by atoms with E-state index in [4.69, 9.17) is 4.74 Å². The Bertz CT molecular complexity index is 758. The fraction of sp³-hybridized carbons (Fsp3) is 0.143. The van der Waals surface area contributed by atoms with Crippen LogP contribution in [0.4, 0.5) is 4.39 Å². The fourth-order valence-corrected chi connectivity index (χ4v) is 3.08. The number of aromatic nitrogens is 1. The Morgan fingerprint density at radius 1 is 1.33 bits per heavy atom. The molecule has 0 aliphatic heterocycles. The molecule has 0 atom stereocenters. The second-order valence-corrected chi connectivity index (χ2v) is 5.98. The van der Waals surface area contributed by atoms with E-state index >= 15 is 0 Å². The smallest absolute Gasteiger partial charge is 0.265 e. The Morgan fingerprint density at radius 2 is 2.05 bits per heavy atom. The van der Waals surface area contributed by atoms with Gasteiger partial charge in [0.1, 0.15) is 11.6 Å². The Morgan fingerprint density at radius 3 is 2.71 bits per heavy atom. The summed E-state index contributed by atoms with van der Waals surface area (Å²) in [6.45, 7) is -0.212. The Hall–Kier alpha value is -1.47. The number of ketones is 1. The maximum Gasteiger partial charge on any atom is 0.265 e. The number of Topliss-reactive ketones (excluding diaryl/α,β-unsaturated/α-hetero) is 1. The number of rotatable bonds is 4. The average Bonchev–Trinajstić information content (AvgIpc) is 2.44. The first-order chi connectivity index (χ1) is 9.92. The molecule has 1 aromatic heterocycles. The molecule has 0 spiro atoms. The maximum absolute atomic E-state index is 13.3. The van der Waals surface area contributed by atoms with E-state index in [1.165, 1.54) is 30.0 Å². The van der Waals surface area contributed by atoms with E-state index in [9.17, 15) is 14.0 Å². The van der Waals surface area contributed by atoms with Crippen LogP contribution in [0.25, 0.3) is 0 Å². The lowest BCUT2D eigenvalue weighted by Crippen LogP contribution is -2.24. The summed E-state index contributed by atoms with van der Waals surface area (Å²) >= 11 is 6.37. The molecule has 0 saturated carbocycles. The zero-order valence-electron chi connectivity index (χ0n) is 10.9. The molecule has 0 bridgehead atoms. The summed E-state index contributed by atoms with van der Waals surface area (Å²) in [7, 11) is 1.39. The van der Waals surface area contributed by atoms with Crippen LogP contribution in [0.15, 0.2) is 44.2 Å². The molecule has 2 rings (SSSR count). The number of hydrogen-bond donors (Lipinski definition) is 0. The molecule has 0 aliphatic rings. The molecular formula is C14H10Br2FNO3. The minimum atomic E-state index is -0.540. The molecule has 7 heteroatoms. The van der Waals surface area contributed by atoms with Crippen LogP contribution in [-0.2, 0) is 6.54 Å². The maximum atomic E-state index is 13.3. The number of carbonyl (C=O) groups excluding carboxylic acids is 1. The number of benzene rings is 1. The topological polar surface area (TPSA) is 48.3 Å².